The minimum atomic E-state index is 0.0123. The molecule has 0 unspecified atom stereocenters. The number of rotatable bonds is 4. The van der Waals surface area contributed by atoms with Crippen LogP contribution < -0.4 is 9.47 Å². The Morgan fingerprint density at radius 2 is 2.23 bits per heavy atom. The SMILES string of the molecule is COc1cc(OCCO)ccc1Br. The van der Waals surface area contributed by atoms with E-state index in [2.05, 4.69) is 15.9 Å². The lowest BCUT2D eigenvalue weighted by Gasteiger charge is -2.07. The molecule has 0 saturated carbocycles. The Balaban J connectivity index is 2.74. The Labute approximate surface area is 85.4 Å². The van der Waals surface area contributed by atoms with Gasteiger partial charge in [0.2, 0.25) is 0 Å². The highest BCUT2D eigenvalue weighted by Crippen LogP contribution is 2.28. The molecule has 0 radical (unpaired) electrons. The summed E-state index contributed by atoms with van der Waals surface area (Å²) in [7, 11) is 1.59. The zero-order valence-corrected chi connectivity index (χ0v) is 8.87. The number of ether oxygens (including phenoxy) is 2. The van der Waals surface area contributed by atoms with Gasteiger partial charge in [0.05, 0.1) is 18.2 Å². The maximum absolute atomic E-state index is 8.54. The van der Waals surface area contributed by atoms with Crippen LogP contribution >= 0.6 is 15.9 Å². The molecule has 0 bridgehead atoms. The van der Waals surface area contributed by atoms with E-state index in [1.165, 1.54) is 0 Å². The third-order valence-corrected chi connectivity index (χ3v) is 2.14. The predicted molar refractivity (Wildman–Crippen MR) is 53.3 cm³/mol. The van der Waals surface area contributed by atoms with Gasteiger partial charge in [-0.3, -0.25) is 0 Å². The fraction of sp³-hybridized carbons (Fsp3) is 0.333. The van der Waals surface area contributed by atoms with Gasteiger partial charge in [-0.1, -0.05) is 0 Å². The number of halogens is 1. The summed E-state index contributed by atoms with van der Waals surface area (Å²) in [6, 6.07) is 5.41. The molecule has 1 N–H and O–H groups in total. The van der Waals surface area contributed by atoms with Crippen LogP contribution in [0.3, 0.4) is 0 Å². The van der Waals surface area contributed by atoms with Crippen LogP contribution in [0.4, 0.5) is 0 Å². The Kier molecular flexibility index (Phi) is 4.05. The van der Waals surface area contributed by atoms with Crippen molar-refractivity contribution < 1.29 is 14.6 Å². The lowest BCUT2D eigenvalue weighted by atomic mass is 10.3. The average Bonchev–Trinajstić information content (AvgIpc) is 2.16. The summed E-state index contributed by atoms with van der Waals surface area (Å²) in [5.41, 5.74) is 0. The van der Waals surface area contributed by atoms with Crippen molar-refractivity contribution in [2.75, 3.05) is 20.3 Å². The van der Waals surface area contributed by atoms with Gasteiger partial charge < -0.3 is 14.6 Å². The normalized spacial score (nSPS) is 9.77. The van der Waals surface area contributed by atoms with Crippen LogP contribution in [-0.2, 0) is 0 Å². The molecule has 3 nitrogen and oxygen atoms in total. The third-order valence-electron chi connectivity index (χ3n) is 1.48. The zero-order chi connectivity index (χ0) is 9.68. The van der Waals surface area contributed by atoms with Crippen molar-refractivity contribution in [3.8, 4) is 11.5 Å². The minimum absolute atomic E-state index is 0.0123. The molecule has 72 valence electrons. The van der Waals surface area contributed by atoms with Crippen molar-refractivity contribution in [2.45, 2.75) is 0 Å². The van der Waals surface area contributed by atoms with Gasteiger partial charge in [-0.15, -0.1) is 0 Å². The van der Waals surface area contributed by atoms with E-state index in [0.717, 1.165) is 10.2 Å². The first-order valence-corrected chi connectivity index (χ1v) is 4.64. The molecule has 13 heavy (non-hydrogen) atoms. The molecule has 0 saturated heterocycles. The van der Waals surface area contributed by atoms with E-state index in [-0.39, 0.29) is 6.61 Å². The first-order chi connectivity index (χ1) is 6.27. The predicted octanol–water partition coefficient (Wildman–Crippen LogP) is 1.83. The van der Waals surface area contributed by atoms with Crippen LogP contribution in [0.25, 0.3) is 0 Å². The summed E-state index contributed by atoms with van der Waals surface area (Å²) < 4.78 is 11.2. The van der Waals surface area contributed by atoms with Gasteiger partial charge in [-0.05, 0) is 28.1 Å². The smallest absolute Gasteiger partial charge is 0.136 e. The van der Waals surface area contributed by atoms with E-state index >= 15 is 0 Å². The number of aliphatic hydroxyl groups is 1. The van der Waals surface area contributed by atoms with Crippen LogP contribution in [0.2, 0.25) is 0 Å². The second-order valence-corrected chi connectivity index (χ2v) is 3.22. The highest BCUT2D eigenvalue weighted by atomic mass is 79.9. The number of hydrogen-bond acceptors (Lipinski definition) is 3. The van der Waals surface area contributed by atoms with Gasteiger partial charge >= 0.3 is 0 Å². The highest BCUT2D eigenvalue weighted by molar-refractivity contribution is 9.10. The van der Waals surface area contributed by atoms with Gasteiger partial charge in [-0.2, -0.15) is 0 Å². The van der Waals surface area contributed by atoms with Crippen molar-refractivity contribution >= 4 is 15.9 Å². The monoisotopic (exact) mass is 246 g/mol. The van der Waals surface area contributed by atoms with Gasteiger partial charge in [0.15, 0.2) is 0 Å². The van der Waals surface area contributed by atoms with E-state index in [1.54, 1.807) is 13.2 Å². The van der Waals surface area contributed by atoms with Gasteiger partial charge in [-0.25, -0.2) is 0 Å². The summed E-state index contributed by atoms with van der Waals surface area (Å²) in [5.74, 6) is 1.41. The molecule has 0 heterocycles. The quantitative estimate of drug-likeness (QED) is 0.882. The summed E-state index contributed by atoms with van der Waals surface area (Å²) in [6.45, 7) is 0.309. The van der Waals surface area contributed by atoms with E-state index in [0.29, 0.717) is 12.4 Å². The fourth-order valence-electron chi connectivity index (χ4n) is 0.893. The molecule has 0 fully saturated rings. The van der Waals surface area contributed by atoms with Gasteiger partial charge in [0, 0.05) is 6.07 Å². The van der Waals surface area contributed by atoms with Gasteiger partial charge in [0.25, 0.3) is 0 Å². The number of aliphatic hydroxyl groups excluding tert-OH is 1. The maximum Gasteiger partial charge on any atom is 0.136 e. The summed E-state index contributed by atoms with van der Waals surface area (Å²) >= 11 is 3.33. The lowest BCUT2D eigenvalue weighted by molar-refractivity contribution is 0.201. The Bertz CT molecular complexity index is 276. The van der Waals surface area contributed by atoms with E-state index in [9.17, 15) is 0 Å². The molecular formula is C9H11BrO3. The Morgan fingerprint density at radius 1 is 1.46 bits per heavy atom. The van der Waals surface area contributed by atoms with E-state index in [4.69, 9.17) is 14.6 Å². The van der Waals surface area contributed by atoms with E-state index in [1.807, 2.05) is 12.1 Å². The largest absolute Gasteiger partial charge is 0.495 e. The number of methoxy groups -OCH3 is 1. The molecule has 0 spiro atoms. The van der Waals surface area contributed by atoms with Crippen molar-refractivity contribution in [3.05, 3.63) is 22.7 Å². The van der Waals surface area contributed by atoms with Crippen LogP contribution in [0.5, 0.6) is 11.5 Å². The molecule has 4 heteroatoms. The zero-order valence-electron chi connectivity index (χ0n) is 7.29. The van der Waals surface area contributed by atoms with Crippen LogP contribution in [0, 0.1) is 0 Å². The van der Waals surface area contributed by atoms with Crippen LogP contribution in [0.1, 0.15) is 0 Å². The van der Waals surface area contributed by atoms with Gasteiger partial charge in [0.1, 0.15) is 18.1 Å². The molecule has 0 aliphatic heterocycles. The summed E-state index contributed by atoms with van der Waals surface area (Å²) in [5, 5.41) is 8.54. The third kappa shape index (κ3) is 2.90. The first-order valence-electron chi connectivity index (χ1n) is 3.85. The first kappa shape index (κ1) is 10.3. The van der Waals surface area contributed by atoms with Crippen molar-refractivity contribution in [1.82, 2.24) is 0 Å². The minimum Gasteiger partial charge on any atom is -0.495 e. The summed E-state index contributed by atoms with van der Waals surface area (Å²) in [6.07, 6.45) is 0. The maximum atomic E-state index is 8.54. The second kappa shape index (κ2) is 5.09. The summed E-state index contributed by atoms with van der Waals surface area (Å²) in [4.78, 5) is 0. The standard InChI is InChI=1S/C9H11BrO3/c1-12-9-6-7(13-5-4-11)2-3-8(9)10/h2-3,6,11H,4-5H2,1H3. The van der Waals surface area contributed by atoms with E-state index < -0.39 is 0 Å². The van der Waals surface area contributed by atoms with Crippen LogP contribution in [0.15, 0.2) is 22.7 Å². The number of hydrogen-bond donors (Lipinski definition) is 1. The molecule has 0 aliphatic rings. The fourth-order valence-corrected chi connectivity index (χ4v) is 1.30. The average molecular weight is 247 g/mol. The Morgan fingerprint density at radius 3 is 2.85 bits per heavy atom. The highest BCUT2D eigenvalue weighted by Gasteiger charge is 2.01. The molecule has 0 atom stereocenters. The second-order valence-electron chi connectivity index (χ2n) is 2.37. The molecule has 0 amide bonds. The molecule has 0 aromatic heterocycles. The molecule has 0 aliphatic carbocycles. The molecule has 1 aromatic rings. The molecular weight excluding hydrogens is 236 g/mol. The van der Waals surface area contributed by atoms with Crippen molar-refractivity contribution in [2.24, 2.45) is 0 Å². The van der Waals surface area contributed by atoms with Crippen molar-refractivity contribution in [3.63, 3.8) is 0 Å². The lowest BCUT2D eigenvalue weighted by Crippen LogP contribution is -2.01. The molecule has 1 aromatic carbocycles. The number of benzene rings is 1. The van der Waals surface area contributed by atoms with Crippen LogP contribution in [-0.4, -0.2) is 25.4 Å². The molecule has 1 rings (SSSR count). The Hall–Kier alpha value is -0.740. The van der Waals surface area contributed by atoms with Crippen molar-refractivity contribution in [1.29, 1.82) is 0 Å². The topological polar surface area (TPSA) is 38.7 Å².